The van der Waals surface area contributed by atoms with Gasteiger partial charge in [0.25, 0.3) is 6.43 Å². The predicted molar refractivity (Wildman–Crippen MR) is 83.6 cm³/mol. The molecule has 146 valence electrons. The minimum atomic E-state index is -5.20. The Bertz CT molecular complexity index is 679. The smallest absolute Gasteiger partial charge is 0.434 e. The summed E-state index contributed by atoms with van der Waals surface area (Å²) in [6.07, 6.45) is -7.31. The van der Waals surface area contributed by atoms with Crippen LogP contribution in [0.3, 0.4) is 0 Å². The summed E-state index contributed by atoms with van der Waals surface area (Å²) in [6.45, 7) is 1.12. The zero-order chi connectivity index (χ0) is 20.1. The molecule has 0 aromatic carbocycles. The molecular formula is C15H16F5NO4S. The van der Waals surface area contributed by atoms with E-state index in [-0.39, 0.29) is 18.8 Å². The van der Waals surface area contributed by atoms with E-state index in [4.69, 9.17) is 0 Å². The van der Waals surface area contributed by atoms with Crippen LogP contribution in [-0.4, -0.2) is 42.6 Å². The Morgan fingerprint density at radius 3 is 2.23 bits per heavy atom. The average Bonchev–Trinajstić information content (AvgIpc) is 2.56. The molecule has 0 bridgehead atoms. The van der Waals surface area contributed by atoms with Gasteiger partial charge in [-0.1, -0.05) is 0 Å². The van der Waals surface area contributed by atoms with Gasteiger partial charge in [-0.15, -0.1) is 0 Å². The molecule has 1 rings (SSSR count). The summed E-state index contributed by atoms with van der Waals surface area (Å²) in [6, 6.07) is 0. The zero-order valence-electron chi connectivity index (χ0n) is 14.1. The second-order valence-corrected chi connectivity index (χ2v) is 5.81. The summed E-state index contributed by atoms with van der Waals surface area (Å²) < 4.78 is 75.8. The van der Waals surface area contributed by atoms with Crippen LogP contribution in [0.4, 0.5) is 22.0 Å². The van der Waals surface area contributed by atoms with E-state index in [2.05, 4.69) is 14.5 Å². The maximum atomic E-state index is 13.4. The number of alkyl halides is 5. The maximum absolute atomic E-state index is 13.4. The van der Waals surface area contributed by atoms with Crippen molar-refractivity contribution in [2.75, 3.05) is 25.7 Å². The van der Waals surface area contributed by atoms with E-state index in [1.165, 1.54) is 18.7 Å². The Labute approximate surface area is 150 Å². The van der Waals surface area contributed by atoms with E-state index in [0.29, 0.717) is 0 Å². The third kappa shape index (κ3) is 4.83. The Morgan fingerprint density at radius 1 is 1.19 bits per heavy atom. The molecule has 0 saturated carbocycles. The number of pyridine rings is 1. The van der Waals surface area contributed by atoms with E-state index in [1.807, 2.05) is 0 Å². The number of ether oxygens (including phenoxy) is 2. The summed E-state index contributed by atoms with van der Waals surface area (Å²) in [7, 11) is 0.887. The van der Waals surface area contributed by atoms with Gasteiger partial charge in [-0.05, 0) is 30.9 Å². The first-order valence-corrected chi connectivity index (χ1v) is 8.65. The van der Waals surface area contributed by atoms with Crippen molar-refractivity contribution in [2.45, 2.75) is 25.9 Å². The molecule has 0 aliphatic heterocycles. The van der Waals surface area contributed by atoms with Gasteiger partial charge < -0.3 is 9.47 Å². The molecule has 0 aliphatic carbocycles. The van der Waals surface area contributed by atoms with Crippen LogP contribution >= 0.6 is 11.8 Å². The van der Waals surface area contributed by atoms with Crippen LogP contribution in [0.5, 0.6) is 0 Å². The van der Waals surface area contributed by atoms with Crippen molar-refractivity contribution in [1.82, 2.24) is 4.98 Å². The normalized spacial score (nSPS) is 11.6. The van der Waals surface area contributed by atoms with Crippen molar-refractivity contribution >= 4 is 23.7 Å². The second kappa shape index (κ2) is 9.15. The first-order chi connectivity index (χ1) is 12.1. The van der Waals surface area contributed by atoms with E-state index in [0.717, 1.165) is 7.11 Å². The highest BCUT2D eigenvalue weighted by atomic mass is 32.2. The monoisotopic (exact) mass is 401 g/mol. The van der Waals surface area contributed by atoms with Gasteiger partial charge in [-0.3, -0.25) is 0 Å². The van der Waals surface area contributed by atoms with Crippen molar-refractivity contribution in [3.63, 3.8) is 0 Å². The van der Waals surface area contributed by atoms with Crippen LogP contribution in [0.15, 0.2) is 0 Å². The SMILES string of the molecule is CCOC(=O)c1c(C(F)(F)F)nc(C(F)F)c(C(=O)OC)c1CCSC. The number of nitrogens with zero attached hydrogens (tertiary/aromatic N) is 1. The van der Waals surface area contributed by atoms with E-state index < -0.39 is 52.6 Å². The molecule has 26 heavy (non-hydrogen) atoms. The summed E-state index contributed by atoms with van der Waals surface area (Å²) in [5.41, 5.74) is -5.59. The second-order valence-electron chi connectivity index (χ2n) is 4.83. The van der Waals surface area contributed by atoms with E-state index in [9.17, 15) is 31.5 Å². The van der Waals surface area contributed by atoms with Gasteiger partial charge in [0.1, 0.15) is 5.69 Å². The van der Waals surface area contributed by atoms with Crippen LogP contribution < -0.4 is 0 Å². The Kier molecular flexibility index (Phi) is 7.79. The number of halogens is 5. The van der Waals surface area contributed by atoms with Gasteiger partial charge in [0, 0.05) is 0 Å². The first kappa shape index (κ1) is 22.1. The lowest BCUT2D eigenvalue weighted by Gasteiger charge is -2.20. The molecule has 5 nitrogen and oxygen atoms in total. The fourth-order valence-electron chi connectivity index (χ4n) is 2.22. The number of thioether (sulfide) groups is 1. The van der Waals surface area contributed by atoms with Crippen LogP contribution in [0.25, 0.3) is 0 Å². The summed E-state index contributed by atoms with van der Waals surface area (Å²) in [5.74, 6) is -2.53. The molecule has 0 unspecified atom stereocenters. The number of esters is 2. The molecule has 1 heterocycles. The predicted octanol–water partition coefficient (Wildman–Crippen LogP) is 3.91. The van der Waals surface area contributed by atoms with Gasteiger partial charge >= 0.3 is 18.1 Å². The molecule has 0 atom stereocenters. The molecule has 0 N–H and O–H groups in total. The summed E-state index contributed by atoms with van der Waals surface area (Å²) in [5, 5.41) is 0. The molecule has 0 amide bonds. The molecule has 0 spiro atoms. The lowest BCUT2D eigenvalue weighted by molar-refractivity contribution is -0.142. The van der Waals surface area contributed by atoms with E-state index in [1.54, 1.807) is 6.26 Å². The average molecular weight is 401 g/mol. The third-order valence-electron chi connectivity index (χ3n) is 3.23. The lowest BCUT2D eigenvalue weighted by Crippen LogP contribution is -2.25. The highest BCUT2D eigenvalue weighted by Crippen LogP contribution is 2.37. The van der Waals surface area contributed by atoms with Crippen LogP contribution in [0.2, 0.25) is 0 Å². The molecule has 0 radical (unpaired) electrons. The Balaban J connectivity index is 3.96. The van der Waals surface area contributed by atoms with Crippen molar-refractivity contribution in [2.24, 2.45) is 0 Å². The minimum absolute atomic E-state index is 0.167. The molecule has 0 aliphatic rings. The molecule has 0 fully saturated rings. The highest BCUT2D eigenvalue weighted by molar-refractivity contribution is 7.98. The fourth-order valence-corrected chi connectivity index (χ4v) is 2.63. The van der Waals surface area contributed by atoms with Crippen LogP contribution in [0.1, 0.15) is 51.0 Å². The lowest BCUT2D eigenvalue weighted by atomic mass is 9.95. The zero-order valence-corrected chi connectivity index (χ0v) is 14.9. The quantitative estimate of drug-likeness (QED) is 0.510. The summed E-state index contributed by atoms with van der Waals surface area (Å²) >= 11 is 1.19. The number of carbonyl (C=O) groups excluding carboxylic acids is 2. The molecule has 1 aromatic heterocycles. The Morgan fingerprint density at radius 2 is 1.81 bits per heavy atom. The van der Waals surface area contributed by atoms with Crippen molar-refractivity contribution in [1.29, 1.82) is 0 Å². The standard InChI is InChI=1S/C15H16F5NO4S/c1-4-25-14(23)9-7(5-6-26-3)8(13(22)24-2)10(12(16)17)21-11(9)15(18,19)20/h12H,4-6H2,1-3H3. The number of aromatic nitrogens is 1. The number of hydrogen-bond acceptors (Lipinski definition) is 6. The molecule has 0 saturated heterocycles. The maximum Gasteiger partial charge on any atom is 0.434 e. The number of methoxy groups -OCH3 is 1. The van der Waals surface area contributed by atoms with Crippen molar-refractivity contribution in [3.8, 4) is 0 Å². The van der Waals surface area contributed by atoms with Gasteiger partial charge in [0.2, 0.25) is 0 Å². The third-order valence-corrected chi connectivity index (χ3v) is 3.84. The van der Waals surface area contributed by atoms with Gasteiger partial charge in [0.15, 0.2) is 5.69 Å². The van der Waals surface area contributed by atoms with Gasteiger partial charge in [-0.25, -0.2) is 23.4 Å². The summed E-state index contributed by atoms with van der Waals surface area (Å²) in [4.78, 5) is 27.0. The molecular weight excluding hydrogens is 385 g/mol. The van der Waals surface area contributed by atoms with Crippen molar-refractivity contribution in [3.05, 3.63) is 28.1 Å². The fraction of sp³-hybridized carbons (Fsp3) is 0.533. The van der Waals surface area contributed by atoms with Gasteiger partial charge in [-0.2, -0.15) is 24.9 Å². The largest absolute Gasteiger partial charge is 0.465 e. The van der Waals surface area contributed by atoms with Crippen LogP contribution in [-0.2, 0) is 22.1 Å². The first-order valence-electron chi connectivity index (χ1n) is 7.26. The minimum Gasteiger partial charge on any atom is -0.465 e. The van der Waals surface area contributed by atoms with Gasteiger partial charge in [0.05, 0.1) is 24.8 Å². The van der Waals surface area contributed by atoms with Crippen LogP contribution in [0, 0.1) is 0 Å². The molecule has 11 heteroatoms. The number of hydrogen-bond donors (Lipinski definition) is 0. The topological polar surface area (TPSA) is 65.5 Å². The highest BCUT2D eigenvalue weighted by Gasteiger charge is 2.43. The van der Waals surface area contributed by atoms with E-state index >= 15 is 0 Å². The molecule has 1 aromatic rings. The Hall–Kier alpha value is -1.91. The number of carbonyl (C=O) groups is 2. The number of rotatable bonds is 7. The van der Waals surface area contributed by atoms with Crippen molar-refractivity contribution < 1.29 is 41.0 Å².